The Morgan fingerprint density at radius 2 is 1.81 bits per heavy atom. The van der Waals surface area contributed by atoms with Gasteiger partial charge in [0.25, 0.3) is 0 Å². The van der Waals surface area contributed by atoms with Crippen LogP contribution in [0.5, 0.6) is 0 Å². The number of amides is 1. The smallest absolute Gasteiger partial charge is 0.419 e. The molecule has 3 rings (SSSR count). The van der Waals surface area contributed by atoms with Gasteiger partial charge in [-0.2, -0.15) is 0 Å². The lowest BCUT2D eigenvalue weighted by Crippen LogP contribution is -2.27. The van der Waals surface area contributed by atoms with Gasteiger partial charge in [-0.25, -0.2) is 17.9 Å². The number of aryl methyl sites for hydroxylation is 1. The van der Waals surface area contributed by atoms with Crippen molar-refractivity contribution in [2.45, 2.75) is 31.2 Å². The molecule has 10 nitrogen and oxygen atoms in total. The third-order valence-electron chi connectivity index (χ3n) is 4.47. The van der Waals surface area contributed by atoms with Crippen molar-refractivity contribution in [2.24, 2.45) is 0 Å². The van der Waals surface area contributed by atoms with Crippen LogP contribution in [-0.4, -0.2) is 38.0 Å². The summed E-state index contributed by atoms with van der Waals surface area (Å²) >= 11 is 0. The highest BCUT2D eigenvalue weighted by Gasteiger charge is 2.15. The zero-order chi connectivity index (χ0) is 23.1. The summed E-state index contributed by atoms with van der Waals surface area (Å²) in [4.78, 5) is 34.8. The third-order valence-corrected chi connectivity index (χ3v) is 5.95. The summed E-state index contributed by atoms with van der Waals surface area (Å²) < 4.78 is 38.6. The highest BCUT2D eigenvalue weighted by Crippen LogP contribution is 2.14. The molecule has 11 heteroatoms. The van der Waals surface area contributed by atoms with E-state index in [2.05, 4.69) is 10.0 Å². The Morgan fingerprint density at radius 1 is 1.09 bits per heavy atom. The van der Waals surface area contributed by atoms with Gasteiger partial charge in [-0.1, -0.05) is 12.1 Å². The number of nitrogens with zero attached hydrogens (tertiary/aromatic N) is 1. The Kier molecular flexibility index (Phi) is 7.44. The van der Waals surface area contributed by atoms with E-state index < -0.39 is 21.7 Å². The number of carbonyl (C=O) groups is 2. The van der Waals surface area contributed by atoms with Crippen LogP contribution in [0.15, 0.2) is 62.6 Å². The van der Waals surface area contributed by atoms with Crippen LogP contribution < -0.4 is 15.8 Å². The van der Waals surface area contributed by atoms with E-state index in [0.717, 1.165) is 0 Å². The molecule has 0 bridgehead atoms. The molecule has 0 aliphatic heterocycles. The molecular weight excluding hydrogens is 438 g/mol. The van der Waals surface area contributed by atoms with Gasteiger partial charge in [0.05, 0.1) is 23.4 Å². The van der Waals surface area contributed by atoms with Crippen LogP contribution in [0.2, 0.25) is 0 Å². The van der Waals surface area contributed by atoms with E-state index in [0.29, 0.717) is 29.8 Å². The van der Waals surface area contributed by atoms with E-state index in [4.69, 9.17) is 9.15 Å². The molecule has 0 aliphatic carbocycles. The van der Waals surface area contributed by atoms with Crippen molar-refractivity contribution in [3.63, 3.8) is 0 Å². The highest BCUT2D eigenvalue weighted by molar-refractivity contribution is 7.89. The zero-order valence-corrected chi connectivity index (χ0v) is 18.2. The first kappa shape index (κ1) is 23.2. The minimum Gasteiger partial charge on any atom is -0.466 e. The third kappa shape index (κ3) is 6.05. The number of benzene rings is 2. The predicted molar refractivity (Wildman–Crippen MR) is 117 cm³/mol. The molecule has 1 heterocycles. The number of aromatic nitrogens is 1. The SMILES string of the molecule is CC(=O)Nc1ccc(S(=O)(=O)NCCC(=O)OCCCn2c(=O)oc3ccccc32)cc1. The van der Waals surface area contributed by atoms with E-state index >= 15 is 0 Å². The maximum Gasteiger partial charge on any atom is 0.419 e. The van der Waals surface area contributed by atoms with Crippen molar-refractivity contribution in [2.75, 3.05) is 18.5 Å². The molecule has 0 atom stereocenters. The molecule has 32 heavy (non-hydrogen) atoms. The maximum absolute atomic E-state index is 12.3. The first-order valence-electron chi connectivity index (χ1n) is 9.87. The number of sulfonamides is 1. The monoisotopic (exact) mass is 461 g/mol. The molecule has 170 valence electrons. The van der Waals surface area contributed by atoms with Crippen LogP contribution in [0.3, 0.4) is 0 Å². The summed E-state index contributed by atoms with van der Waals surface area (Å²) in [6.07, 6.45) is 0.263. The molecule has 2 aromatic carbocycles. The standard InChI is InChI=1S/C21H23N3O7S/c1-15(25)23-16-7-9-17(10-8-16)32(28,29)22-12-11-20(26)30-14-4-13-24-18-5-2-3-6-19(18)31-21(24)27/h2-3,5-10,22H,4,11-14H2,1H3,(H,23,25). The first-order valence-corrected chi connectivity index (χ1v) is 11.4. The van der Waals surface area contributed by atoms with Gasteiger partial charge in [0, 0.05) is 25.7 Å². The Bertz CT molecular complexity index is 1260. The van der Waals surface area contributed by atoms with Crippen LogP contribution in [0.1, 0.15) is 19.8 Å². The number of anilines is 1. The van der Waals surface area contributed by atoms with Crippen molar-refractivity contribution < 1.29 is 27.2 Å². The topological polar surface area (TPSA) is 137 Å². The molecule has 0 saturated heterocycles. The molecule has 0 fully saturated rings. The van der Waals surface area contributed by atoms with Crippen molar-refractivity contribution in [3.05, 3.63) is 59.1 Å². The Balaban J connectivity index is 1.40. The Hall–Kier alpha value is -3.44. The molecule has 0 unspecified atom stereocenters. The van der Waals surface area contributed by atoms with Gasteiger partial charge < -0.3 is 14.5 Å². The predicted octanol–water partition coefficient (Wildman–Crippen LogP) is 1.85. The summed E-state index contributed by atoms with van der Waals surface area (Å²) in [6.45, 7) is 1.64. The van der Waals surface area contributed by atoms with Crippen LogP contribution in [0.25, 0.3) is 11.1 Å². The average molecular weight is 461 g/mol. The van der Waals surface area contributed by atoms with Crippen LogP contribution in [-0.2, 0) is 30.9 Å². The number of hydrogen-bond acceptors (Lipinski definition) is 7. The molecule has 0 aliphatic rings. The van der Waals surface area contributed by atoms with Crippen molar-refractivity contribution in [3.8, 4) is 0 Å². The Morgan fingerprint density at radius 3 is 2.53 bits per heavy atom. The second-order valence-electron chi connectivity index (χ2n) is 6.91. The van der Waals surface area contributed by atoms with Gasteiger partial charge in [-0.3, -0.25) is 14.2 Å². The van der Waals surface area contributed by atoms with Crippen molar-refractivity contribution in [1.82, 2.24) is 9.29 Å². The summed E-state index contributed by atoms with van der Waals surface area (Å²) in [5.74, 6) is -1.29. The molecule has 2 N–H and O–H groups in total. The molecular formula is C21H23N3O7S. The number of oxazole rings is 1. The zero-order valence-electron chi connectivity index (χ0n) is 17.4. The normalized spacial score (nSPS) is 11.4. The van der Waals surface area contributed by atoms with E-state index in [9.17, 15) is 22.8 Å². The number of nitrogens with one attached hydrogen (secondary N) is 2. The van der Waals surface area contributed by atoms with Gasteiger partial charge in [0.1, 0.15) is 0 Å². The van der Waals surface area contributed by atoms with Crippen molar-refractivity contribution >= 4 is 38.7 Å². The van der Waals surface area contributed by atoms with Crippen molar-refractivity contribution in [1.29, 1.82) is 0 Å². The van der Waals surface area contributed by atoms with Gasteiger partial charge in [-0.15, -0.1) is 0 Å². The van der Waals surface area contributed by atoms with Crippen LogP contribution >= 0.6 is 0 Å². The fraction of sp³-hybridized carbons (Fsp3) is 0.286. The number of esters is 1. The van der Waals surface area contributed by atoms with Gasteiger partial charge in [0.2, 0.25) is 15.9 Å². The number of hydrogen-bond donors (Lipinski definition) is 2. The second-order valence-corrected chi connectivity index (χ2v) is 8.68. The van der Waals surface area contributed by atoms with E-state index in [1.807, 2.05) is 0 Å². The lowest BCUT2D eigenvalue weighted by molar-refractivity contribution is -0.143. The highest BCUT2D eigenvalue weighted by atomic mass is 32.2. The molecule has 1 aromatic heterocycles. The molecule has 3 aromatic rings. The molecule has 0 saturated carbocycles. The van der Waals surface area contributed by atoms with E-state index in [1.54, 1.807) is 24.3 Å². The fourth-order valence-electron chi connectivity index (χ4n) is 3.00. The van der Waals surface area contributed by atoms with Gasteiger partial charge >= 0.3 is 11.7 Å². The number of para-hydroxylation sites is 2. The molecule has 1 amide bonds. The maximum atomic E-state index is 12.3. The van der Waals surface area contributed by atoms with Gasteiger partial charge in [-0.05, 0) is 42.8 Å². The Labute approximate surface area is 184 Å². The number of ether oxygens (including phenoxy) is 1. The summed E-state index contributed by atoms with van der Waals surface area (Å²) in [6, 6.07) is 12.7. The average Bonchev–Trinajstić information content (AvgIpc) is 3.06. The fourth-order valence-corrected chi connectivity index (χ4v) is 4.03. The summed E-state index contributed by atoms with van der Waals surface area (Å²) in [5.41, 5.74) is 1.64. The van der Waals surface area contributed by atoms with Crippen LogP contribution in [0.4, 0.5) is 5.69 Å². The van der Waals surface area contributed by atoms with Crippen LogP contribution in [0, 0.1) is 0 Å². The lowest BCUT2D eigenvalue weighted by atomic mass is 10.3. The quantitative estimate of drug-likeness (QED) is 0.347. The largest absolute Gasteiger partial charge is 0.466 e. The van der Waals surface area contributed by atoms with Gasteiger partial charge in [0.15, 0.2) is 5.58 Å². The molecule has 0 spiro atoms. The summed E-state index contributed by atoms with van der Waals surface area (Å²) in [5, 5.41) is 2.55. The van der Waals surface area contributed by atoms with E-state index in [-0.39, 0.29) is 30.4 Å². The second kappa shape index (κ2) is 10.2. The first-order chi connectivity index (χ1) is 15.3. The molecule has 0 radical (unpaired) electrons. The minimum atomic E-state index is -3.80. The number of rotatable bonds is 10. The number of fused-ring (bicyclic) bond motifs is 1. The number of carbonyl (C=O) groups excluding carboxylic acids is 2. The van der Waals surface area contributed by atoms with E-state index in [1.165, 1.54) is 35.8 Å². The summed E-state index contributed by atoms with van der Waals surface area (Å²) in [7, 11) is -3.80. The lowest BCUT2D eigenvalue weighted by Gasteiger charge is -2.08. The minimum absolute atomic E-state index is 0.0118.